The van der Waals surface area contributed by atoms with Crippen LogP contribution in [0.25, 0.3) is 0 Å². The van der Waals surface area contributed by atoms with Crippen LogP contribution in [-0.4, -0.2) is 29.6 Å². The van der Waals surface area contributed by atoms with Crippen LogP contribution in [0.3, 0.4) is 0 Å². The Bertz CT molecular complexity index is 433. The number of nitrogens with zero attached hydrogens (tertiary/aromatic N) is 1. The molecule has 1 aliphatic heterocycles. The maximum atomic E-state index is 10.9. The van der Waals surface area contributed by atoms with Crippen LogP contribution in [0.5, 0.6) is 0 Å². The lowest BCUT2D eigenvalue weighted by molar-refractivity contribution is -0.317. The molecule has 6 nitrogen and oxygen atoms in total. The zero-order valence-corrected chi connectivity index (χ0v) is 9.72. The number of rotatable bonds is 5. The van der Waals surface area contributed by atoms with E-state index >= 15 is 0 Å². The number of carbonyl (C=O) groups excluding carboxylic acids is 1. The van der Waals surface area contributed by atoms with Crippen LogP contribution in [0.2, 0.25) is 0 Å². The van der Waals surface area contributed by atoms with Gasteiger partial charge in [-0.15, -0.1) is 5.06 Å². The zero-order chi connectivity index (χ0) is 13.0. The lowest BCUT2D eigenvalue weighted by Gasteiger charge is -2.11. The van der Waals surface area contributed by atoms with Gasteiger partial charge in [0.25, 0.3) is 0 Å². The van der Waals surface area contributed by atoms with E-state index in [2.05, 4.69) is 9.62 Å². The average Bonchev–Trinajstić information content (AvgIpc) is 3.17. The van der Waals surface area contributed by atoms with Gasteiger partial charge in [0.2, 0.25) is 0 Å². The Balaban J connectivity index is 1.97. The number of esters is 1. The minimum absolute atomic E-state index is 0.415. The third kappa shape index (κ3) is 2.93. The predicted molar refractivity (Wildman–Crippen MR) is 60.8 cm³/mol. The third-order valence-corrected chi connectivity index (χ3v) is 2.45. The maximum absolute atomic E-state index is 10.9. The van der Waals surface area contributed by atoms with Crippen LogP contribution in [0.15, 0.2) is 42.5 Å². The van der Waals surface area contributed by atoms with E-state index in [9.17, 15) is 4.79 Å². The van der Waals surface area contributed by atoms with E-state index < -0.39 is 18.4 Å². The number of carbonyl (C=O) groups is 1. The summed E-state index contributed by atoms with van der Waals surface area (Å²) in [7, 11) is 1.29. The molecule has 0 aliphatic carbocycles. The molecule has 0 saturated carbocycles. The Hall–Kier alpha value is -1.73. The van der Waals surface area contributed by atoms with Gasteiger partial charge >= 0.3 is 5.97 Å². The first-order valence-electron chi connectivity index (χ1n) is 5.32. The van der Waals surface area contributed by atoms with Gasteiger partial charge in [-0.2, -0.15) is 0 Å². The first-order chi connectivity index (χ1) is 8.76. The monoisotopic (exact) mass is 251 g/mol. The predicted octanol–water partition coefficient (Wildman–Crippen LogP) is 1.48. The molecular formula is C12H13NO5. The van der Waals surface area contributed by atoms with Crippen LogP contribution >= 0.6 is 0 Å². The second-order valence-electron chi connectivity index (χ2n) is 3.61. The summed E-state index contributed by atoms with van der Waals surface area (Å²) < 4.78 is 4.45. The van der Waals surface area contributed by atoms with Crippen LogP contribution < -0.4 is 0 Å². The fourth-order valence-electron chi connectivity index (χ4n) is 1.51. The molecule has 1 fully saturated rings. The first kappa shape index (κ1) is 12.7. The lowest BCUT2D eigenvalue weighted by Crippen LogP contribution is -2.13. The van der Waals surface area contributed by atoms with Crippen molar-refractivity contribution >= 4 is 5.97 Å². The van der Waals surface area contributed by atoms with E-state index in [1.807, 2.05) is 18.2 Å². The van der Waals surface area contributed by atoms with Gasteiger partial charge in [-0.1, -0.05) is 30.3 Å². The molecule has 6 heteroatoms. The second-order valence-corrected chi connectivity index (χ2v) is 3.61. The molecule has 1 aromatic rings. The topological polar surface area (TPSA) is 71.3 Å². The van der Waals surface area contributed by atoms with E-state index in [0.717, 1.165) is 5.56 Å². The van der Waals surface area contributed by atoms with Crippen molar-refractivity contribution in [3.8, 4) is 0 Å². The van der Waals surface area contributed by atoms with Gasteiger partial charge in [-0.25, -0.2) is 14.9 Å². The molecular weight excluding hydrogens is 238 g/mol. The number of hydroxylamine groups is 2. The highest BCUT2D eigenvalue weighted by Crippen LogP contribution is 2.34. The summed E-state index contributed by atoms with van der Waals surface area (Å²) in [5.74, 6) is -0.466. The van der Waals surface area contributed by atoms with Gasteiger partial charge in [-0.05, 0) is 6.08 Å². The summed E-state index contributed by atoms with van der Waals surface area (Å²) in [4.78, 5) is 20.4. The minimum Gasteiger partial charge on any atom is -0.466 e. The molecule has 1 saturated heterocycles. The summed E-state index contributed by atoms with van der Waals surface area (Å²) in [6.45, 7) is 0. The molecule has 3 atom stereocenters. The van der Waals surface area contributed by atoms with Gasteiger partial charge < -0.3 is 4.74 Å². The molecule has 1 N–H and O–H groups in total. The Morgan fingerprint density at radius 3 is 2.83 bits per heavy atom. The first-order valence-corrected chi connectivity index (χ1v) is 5.32. The molecule has 0 amide bonds. The number of hydrogen-bond acceptors (Lipinski definition) is 6. The number of ether oxygens (including phenoxy) is 1. The normalized spacial score (nSPS) is 23.9. The highest BCUT2D eigenvalue weighted by molar-refractivity contribution is 5.81. The lowest BCUT2D eigenvalue weighted by atomic mass is 10.2. The molecule has 0 bridgehead atoms. The number of benzene rings is 1. The van der Waals surface area contributed by atoms with Crippen molar-refractivity contribution in [2.75, 3.05) is 7.11 Å². The van der Waals surface area contributed by atoms with Crippen LogP contribution in [0.1, 0.15) is 11.8 Å². The highest BCUT2D eigenvalue weighted by atomic mass is 17.1. The van der Waals surface area contributed by atoms with E-state index in [4.69, 9.17) is 10.1 Å². The Kier molecular flexibility index (Phi) is 4.06. The molecule has 1 heterocycles. The third-order valence-electron chi connectivity index (χ3n) is 2.45. The molecule has 1 aromatic carbocycles. The second kappa shape index (κ2) is 5.74. The van der Waals surface area contributed by atoms with Crippen molar-refractivity contribution in [1.29, 1.82) is 0 Å². The van der Waals surface area contributed by atoms with E-state index in [1.165, 1.54) is 24.3 Å². The number of methoxy groups -OCH3 is 1. The Labute approximate surface area is 104 Å². The van der Waals surface area contributed by atoms with Crippen molar-refractivity contribution < 1.29 is 24.5 Å². The number of hydrogen-bond donors (Lipinski definition) is 1. The van der Waals surface area contributed by atoms with Crippen molar-refractivity contribution in [3.05, 3.63) is 48.0 Å². The Morgan fingerprint density at radius 2 is 2.22 bits per heavy atom. The zero-order valence-electron chi connectivity index (χ0n) is 9.72. The molecule has 18 heavy (non-hydrogen) atoms. The average molecular weight is 251 g/mol. The van der Waals surface area contributed by atoms with Gasteiger partial charge in [0.15, 0.2) is 12.5 Å². The fraction of sp³-hybridized carbons (Fsp3) is 0.250. The van der Waals surface area contributed by atoms with Crippen LogP contribution in [0.4, 0.5) is 0 Å². The molecule has 0 radical (unpaired) electrons. The van der Waals surface area contributed by atoms with Crippen molar-refractivity contribution in [2.24, 2.45) is 0 Å². The van der Waals surface area contributed by atoms with Crippen molar-refractivity contribution in [3.63, 3.8) is 0 Å². The largest absolute Gasteiger partial charge is 0.466 e. The SMILES string of the molecule is COC(=O)/C=C\C1ON1C(OO)c1ccccc1. The summed E-state index contributed by atoms with van der Waals surface area (Å²) in [5.41, 5.74) is 0.744. The summed E-state index contributed by atoms with van der Waals surface area (Å²) >= 11 is 0. The highest BCUT2D eigenvalue weighted by Gasteiger charge is 2.42. The quantitative estimate of drug-likeness (QED) is 0.281. The molecule has 3 unspecified atom stereocenters. The van der Waals surface area contributed by atoms with E-state index in [-0.39, 0.29) is 0 Å². The van der Waals surface area contributed by atoms with Crippen molar-refractivity contribution in [1.82, 2.24) is 5.06 Å². The van der Waals surface area contributed by atoms with Gasteiger partial charge in [0, 0.05) is 11.6 Å². The van der Waals surface area contributed by atoms with E-state index in [1.54, 1.807) is 12.1 Å². The molecule has 0 aromatic heterocycles. The van der Waals surface area contributed by atoms with Crippen molar-refractivity contribution in [2.45, 2.75) is 12.5 Å². The van der Waals surface area contributed by atoms with Crippen LogP contribution in [-0.2, 0) is 19.3 Å². The molecule has 0 spiro atoms. The van der Waals surface area contributed by atoms with Gasteiger partial charge in [0.05, 0.1) is 7.11 Å². The van der Waals surface area contributed by atoms with E-state index in [0.29, 0.717) is 0 Å². The molecule has 1 aliphatic rings. The van der Waals surface area contributed by atoms with Gasteiger partial charge in [-0.3, -0.25) is 4.84 Å². The standard InChI is InChI=1S/C12H13NO5/c1-16-11(14)8-7-10-13(17-10)12(18-15)9-5-3-2-4-6-9/h2-8,10,12,15H,1H3/b8-7-. The summed E-state index contributed by atoms with van der Waals surface area (Å²) in [5, 5.41) is 10.3. The van der Waals surface area contributed by atoms with Gasteiger partial charge in [0.1, 0.15) is 0 Å². The maximum Gasteiger partial charge on any atom is 0.330 e. The summed E-state index contributed by atoms with van der Waals surface area (Å²) in [6.07, 6.45) is 1.63. The van der Waals surface area contributed by atoms with Crippen LogP contribution in [0, 0.1) is 0 Å². The smallest absolute Gasteiger partial charge is 0.330 e. The fourth-order valence-corrected chi connectivity index (χ4v) is 1.51. The summed E-state index contributed by atoms with van der Waals surface area (Å²) in [6, 6.07) is 9.09. The molecule has 96 valence electrons. The minimum atomic E-state index is -0.724. The Morgan fingerprint density at radius 1 is 1.50 bits per heavy atom. The molecule has 2 rings (SSSR count).